The largest absolute Gasteiger partial charge is 0.390 e. The van der Waals surface area contributed by atoms with Crippen molar-refractivity contribution in [2.45, 2.75) is 51.7 Å². The van der Waals surface area contributed by atoms with E-state index < -0.39 is 18.4 Å². The molecule has 3 N–H and O–H groups in total. The summed E-state index contributed by atoms with van der Waals surface area (Å²) in [5, 5.41) is 16.4. The Morgan fingerprint density at radius 3 is 2.80 bits per heavy atom. The fourth-order valence-electron chi connectivity index (χ4n) is 3.57. The molecule has 158 valence electrons. The summed E-state index contributed by atoms with van der Waals surface area (Å²) in [4.78, 5) is 25.9. The van der Waals surface area contributed by atoms with Gasteiger partial charge in [0.15, 0.2) is 23.1 Å². The first kappa shape index (κ1) is 20.2. The number of nitrogens with zero attached hydrogens (tertiary/aromatic N) is 4. The maximum atomic E-state index is 12.2. The van der Waals surface area contributed by atoms with E-state index in [0.717, 1.165) is 5.56 Å². The van der Waals surface area contributed by atoms with Crippen LogP contribution in [0, 0.1) is 0 Å². The molecule has 1 aliphatic rings. The van der Waals surface area contributed by atoms with Crippen LogP contribution in [0.3, 0.4) is 0 Å². The monoisotopic (exact) mass is 410 g/mol. The number of nitrogens with one attached hydrogen (secondary N) is 2. The van der Waals surface area contributed by atoms with Crippen LogP contribution in [0.2, 0.25) is 0 Å². The predicted molar refractivity (Wildman–Crippen MR) is 112 cm³/mol. The number of hydrogen-bond donors (Lipinski definition) is 3. The molecule has 0 unspecified atom stereocenters. The summed E-state index contributed by atoms with van der Waals surface area (Å²) in [6, 6.07) is 10.0. The summed E-state index contributed by atoms with van der Waals surface area (Å²) >= 11 is 0. The third-order valence-electron chi connectivity index (χ3n) is 5.10. The second-order valence-corrected chi connectivity index (χ2v) is 7.21. The van der Waals surface area contributed by atoms with Gasteiger partial charge in [-0.1, -0.05) is 37.3 Å². The van der Waals surface area contributed by atoms with Crippen LogP contribution in [0.4, 0.5) is 5.82 Å². The molecule has 3 aromatic rings. The van der Waals surface area contributed by atoms with Gasteiger partial charge in [-0.25, -0.2) is 15.0 Å². The quantitative estimate of drug-likeness (QED) is 0.544. The van der Waals surface area contributed by atoms with Gasteiger partial charge < -0.3 is 20.5 Å². The Morgan fingerprint density at radius 2 is 2.07 bits per heavy atom. The fraction of sp³-hybridized carbons (Fsp3) is 0.429. The molecule has 1 aliphatic heterocycles. The first-order chi connectivity index (χ1) is 14.6. The Balaban J connectivity index is 1.62. The number of anilines is 1. The number of aliphatic hydroxyl groups excluding tert-OH is 1. The van der Waals surface area contributed by atoms with Gasteiger partial charge in [-0.3, -0.25) is 9.36 Å². The highest BCUT2D eigenvalue weighted by atomic mass is 16.5. The smallest absolute Gasteiger partial charge is 0.251 e. The molecule has 30 heavy (non-hydrogen) atoms. The van der Waals surface area contributed by atoms with Crippen molar-refractivity contribution in [2.24, 2.45) is 0 Å². The number of benzene rings is 1. The van der Waals surface area contributed by atoms with Crippen LogP contribution < -0.4 is 10.6 Å². The Hall–Kier alpha value is -3.04. The number of carbonyl (C=O) groups is 1. The normalized spacial score (nSPS) is 21.1. The number of rotatable bonds is 7. The molecule has 0 spiro atoms. The third-order valence-corrected chi connectivity index (χ3v) is 5.10. The highest BCUT2D eigenvalue weighted by Crippen LogP contribution is 2.32. The van der Waals surface area contributed by atoms with Crippen LogP contribution in [0.25, 0.3) is 11.2 Å². The van der Waals surface area contributed by atoms with E-state index in [2.05, 4.69) is 25.6 Å². The van der Waals surface area contributed by atoms with Gasteiger partial charge in [-0.15, -0.1) is 0 Å². The van der Waals surface area contributed by atoms with E-state index in [-0.39, 0.29) is 12.3 Å². The predicted octanol–water partition coefficient (Wildman–Crippen LogP) is 1.79. The summed E-state index contributed by atoms with van der Waals surface area (Å²) in [6.45, 7) is 4.91. The number of fused-ring (bicyclic) bond motifs is 1. The van der Waals surface area contributed by atoms with Crippen LogP contribution in [-0.4, -0.2) is 49.3 Å². The Kier molecular flexibility index (Phi) is 5.91. The number of carbonyl (C=O) groups excluding carboxylic acids is 1. The average molecular weight is 410 g/mol. The summed E-state index contributed by atoms with van der Waals surface area (Å²) in [5.74, 6) is 1.02. The van der Waals surface area contributed by atoms with Crippen molar-refractivity contribution in [3.8, 4) is 0 Å². The molecule has 0 aliphatic carbocycles. The number of aliphatic hydroxyl groups is 1. The number of likely N-dealkylation sites (N-methyl/N-ethyl adjacent to an activating group) is 1. The van der Waals surface area contributed by atoms with Gasteiger partial charge in [0.2, 0.25) is 0 Å². The zero-order valence-corrected chi connectivity index (χ0v) is 17.1. The third kappa shape index (κ3) is 3.99. The van der Waals surface area contributed by atoms with Crippen molar-refractivity contribution in [2.75, 3.05) is 11.9 Å². The topological polar surface area (TPSA) is 114 Å². The van der Waals surface area contributed by atoms with E-state index in [4.69, 9.17) is 4.74 Å². The highest BCUT2D eigenvalue weighted by molar-refractivity contribution is 5.83. The van der Waals surface area contributed by atoms with Crippen molar-refractivity contribution in [1.29, 1.82) is 0 Å². The highest BCUT2D eigenvalue weighted by Gasteiger charge is 2.40. The maximum Gasteiger partial charge on any atom is 0.251 e. The molecule has 3 heterocycles. The minimum Gasteiger partial charge on any atom is -0.390 e. The summed E-state index contributed by atoms with van der Waals surface area (Å²) < 4.78 is 7.63. The minimum atomic E-state index is -0.907. The van der Waals surface area contributed by atoms with Gasteiger partial charge in [-0.2, -0.15) is 0 Å². The molecule has 4 rings (SSSR count). The molecule has 9 nitrogen and oxygen atoms in total. The number of amides is 1. The van der Waals surface area contributed by atoms with Crippen molar-refractivity contribution in [3.05, 3.63) is 48.0 Å². The van der Waals surface area contributed by atoms with Gasteiger partial charge in [0.25, 0.3) is 5.91 Å². The van der Waals surface area contributed by atoms with Crippen molar-refractivity contribution < 1.29 is 14.6 Å². The lowest BCUT2D eigenvalue weighted by molar-refractivity contribution is -0.137. The van der Waals surface area contributed by atoms with Crippen molar-refractivity contribution in [3.63, 3.8) is 0 Å². The maximum absolute atomic E-state index is 12.2. The van der Waals surface area contributed by atoms with Crippen molar-refractivity contribution in [1.82, 2.24) is 24.8 Å². The summed E-state index contributed by atoms with van der Waals surface area (Å²) in [6.07, 6.45) is 0.253. The molecule has 1 fully saturated rings. The van der Waals surface area contributed by atoms with Crippen molar-refractivity contribution >= 4 is 22.9 Å². The SMILES string of the molecule is CCNC(=O)[C@H]1O[C@@H](n2cnc3c(NCc4ccccc4)nc(CC)nc32)C[C@@H]1O. The lowest BCUT2D eigenvalue weighted by Gasteiger charge is -2.15. The lowest BCUT2D eigenvalue weighted by atomic mass is 10.1. The number of hydrogen-bond acceptors (Lipinski definition) is 7. The number of imidazole rings is 1. The molecule has 0 radical (unpaired) electrons. The molecule has 1 amide bonds. The molecule has 3 atom stereocenters. The van der Waals surface area contributed by atoms with Gasteiger partial charge in [0, 0.05) is 25.9 Å². The van der Waals surface area contributed by atoms with Gasteiger partial charge in [0.1, 0.15) is 12.1 Å². The van der Waals surface area contributed by atoms with E-state index in [1.807, 2.05) is 44.2 Å². The van der Waals surface area contributed by atoms with Crippen LogP contribution >= 0.6 is 0 Å². The molecule has 2 aromatic heterocycles. The summed E-state index contributed by atoms with van der Waals surface area (Å²) in [7, 11) is 0. The van der Waals surface area contributed by atoms with E-state index in [9.17, 15) is 9.90 Å². The van der Waals surface area contributed by atoms with Crippen LogP contribution in [-0.2, 0) is 22.5 Å². The molecule has 1 saturated heterocycles. The molecule has 9 heteroatoms. The van der Waals surface area contributed by atoms with Crippen LogP contribution in [0.1, 0.15) is 37.9 Å². The molecule has 0 saturated carbocycles. The number of ether oxygens (including phenoxy) is 1. The molecule has 0 bridgehead atoms. The molecule has 1 aromatic carbocycles. The van der Waals surface area contributed by atoms with Gasteiger partial charge in [-0.05, 0) is 12.5 Å². The Labute approximate surface area is 174 Å². The fourth-order valence-corrected chi connectivity index (χ4v) is 3.57. The second kappa shape index (κ2) is 8.76. The van der Waals surface area contributed by atoms with Crippen LogP contribution in [0.5, 0.6) is 0 Å². The number of aromatic nitrogens is 4. The average Bonchev–Trinajstić information content (AvgIpc) is 3.36. The second-order valence-electron chi connectivity index (χ2n) is 7.21. The number of aryl methyl sites for hydroxylation is 1. The minimum absolute atomic E-state index is 0.283. The van der Waals surface area contributed by atoms with E-state index >= 15 is 0 Å². The van der Waals surface area contributed by atoms with Gasteiger partial charge in [0.05, 0.1) is 12.4 Å². The first-order valence-corrected chi connectivity index (χ1v) is 10.2. The standard InChI is InChI=1S/C21H26N6O3/c1-3-15-25-19(23-11-13-8-6-5-7-9-13)17-20(26-15)27(12-24-17)16-10-14(28)18(30-16)21(29)22-4-2/h5-9,12,14,16,18,28H,3-4,10-11H2,1-2H3,(H,22,29)(H,23,25,26)/t14-,16+,18-/m0/s1. The van der Waals surface area contributed by atoms with Gasteiger partial charge >= 0.3 is 0 Å². The molecular weight excluding hydrogens is 384 g/mol. The lowest BCUT2D eigenvalue weighted by Crippen LogP contribution is -2.40. The van der Waals surface area contributed by atoms with E-state index in [1.54, 1.807) is 10.9 Å². The Morgan fingerprint density at radius 1 is 1.27 bits per heavy atom. The molecular formula is C21H26N6O3. The van der Waals surface area contributed by atoms with E-state index in [0.29, 0.717) is 42.3 Å². The zero-order valence-electron chi connectivity index (χ0n) is 17.1. The first-order valence-electron chi connectivity index (χ1n) is 10.2. The van der Waals surface area contributed by atoms with E-state index in [1.165, 1.54) is 0 Å². The van der Waals surface area contributed by atoms with Crippen LogP contribution in [0.15, 0.2) is 36.7 Å². The summed E-state index contributed by atoms with van der Waals surface area (Å²) in [5.41, 5.74) is 2.38. The Bertz CT molecular complexity index is 1020. The zero-order chi connectivity index (χ0) is 21.1.